The van der Waals surface area contributed by atoms with Crippen molar-refractivity contribution in [3.05, 3.63) is 46.6 Å². The van der Waals surface area contributed by atoms with Gasteiger partial charge in [0.25, 0.3) is 0 Å². The molecule has 6 heteroatoms. The number of hydrogen-bond acceptors (Lipinski definition) is 5. The summed E-state index contributed by atoms with van der Waals surface area (Å²) in [7, 11) is 0. The number of aryl methyl sites for hydroxylation is 2. The molecular weight excluding hydrogens is 292 g/mol. The van der Waals surface area contributed by atoms with Gasteiger partial charge in [0, 0.05) is 11.6 Å². The molecule has 5 nitrogen and oxygen atoms in total. The Bertz CT molecular complexity index is 567. The van der Waals surface area contributed by atoms with Gasteiger partial charge in [-0.15, -0.1) is 0 Å². The Morgan fingerprint density at radius 3 is 2.90 bits per heavy atom. The third-order valence-electron chi connectivity index (χ3n) is 2.97. The van der Waals surface area contributed by atoms with E-state index in [0.29, 0.717) is 29.8 Å². The van der Waals surface area contributed by atoms with Crippen molar-refractivity contribution in [1.29, 1.82) is 0 Å². The van der Waals surface area contributed by atoms with Gasteiger partial charge in [-0.05, 0) is 32.0 Å². The van der Waals surface area contributed by atoms with Crippen molar-refractivity contribution < 1.29 is 14.3 Å². The summed E-state index contributed by atoms with van der Waals surface area (Å²) in [5.41, 5.74) is 0.886. The summed E-state index contributed by atoms with van der Waals surface area (Å²) >= 11 is 5.85. The lowest BCUT2D eigenvalue weighted by Crippen LogP contribution is -2.31. The molecule has 0 radical (unpaired) electrons. The fourth-order valence-electron chi connectivity index (χ4n) is 1.77. The third kappa shape index (κ3) is 5.04. The van der Waals surface area contributed by atoms with Crippen LogP contribution in [0.1, 0.15) is 17.3 Å². The van der Waals surface area contributed by atoms with Crippen molar-refractivity contribution in [3.8, 4) is 5.75 Å². The Morgan fingerprint density at radius 1 is 1.43 bits per heavy atom. The molecule has 0 spiro atoms. The number of nitrogens with one attached hydrogen (secondary N) is 1. The van der Waals surface area contributed by atoms with Gasteiger partial charge in [-0.25, -0.2) is 4.98 Å². The summed E-state index contributed by atoms with van der Waals surface area (Å²) in [5.74, 6) is 2.07. The molecule has 0 aliphatic heterocycles. The van der Waals surface area contributed by atoms with Crippen molar-refractivity contribution >= 4 is 11.6 Å². The van der Waals surface area contributed by atoms with Crippen LogP contribution in [0.5, 0.6) is 5.75 Å². The molecule has 2 N–H and O–H groups in total. The molecule has 0 bridgehead atoms. The second-order valence-electron chi connectivity index (χ2n) is 4.80. The van der Waals surface area contributed by atoms with Crippen LogP contribution in [-0.4, -0.2) is 29.3 Å². The number of aliphatic hydroxyl groups excluding tert-OH is 1. The van der Waals surface area contributed by atoms with Crippen molar-refractivity contribution in [1.82, 2.24) is 10.3 Å². The molecule has 2 rings (SSSR count). The average Bonchev–Trinajstić information content (AvgIpc) is 2.75. The summed E-state index contributed by atoms with van der Waals surface area (Å²) in [6.07, 6.45) is -0.624. The van der Waals surface area contributed by atoms with Crippen LogP contribution in [0.4, 0.5) is 0 Å². The first-order valence-electron chi connectivity index (χ1n) is 6.74. The maximum absolute atomic E-state index is 9.85. The summed E-state index contributed by atoms with van der Waals surface area (Å²) in [6, 6.07) is 7.08. The molecule has 0 aliphatic carbocycles. The van der Waals surface area contributed by atoms with Crippen LogP contribution in [0.25, 0.3) is 0 Å². The van der Waals surface area contributed by atoms with Crippen LogP contribution in [0.15, 0.2) is 28.7 Å². The molecule has 1 aromatic carbocycles. The van der Waals surface area contributed by atoms with Gasteiger partial charge in [0.1, 0.15) is 24.2 Å². The van der Waals surface area contributed by atoms with Crippen molar-refractivity contribution in [2.24, 2.45) is 0 Å². The van der Waals surface area contributed by atoms with Crippen molar-refractivity contribution in [2.75, 3.05) is 13.2 Å². The molecule has 0 fully saturated rings. The Morgan fingerprint density at radius 2 is 2.24 bits per heavy atom. The Kier molecular flexibility index (Phi) is 5.61. The predicted octanol–water partition coefficient (Wildman–Crippen LogP) is 2.47. The van der Waals surface area contributed by atoms with Gasteiger partial charge in [-0.1, -0.05) is 17.7 Å². The normalized spacial score (nSPS) is 12.4. The first-order chi connectivity index (χ1) is 10.0. The number of ether oxygens (including phenoxy) is 1. The molecule has 0 saturated heterocycles. The Balaban J connectivity index is 1.69. The number of oxazole rings is 1. The van der Waals surface area contributed by atoms with Crippen LogP contribution in [0.3, 0.4) is 0 Å². The van der Waals surface area contributed by atoms with Crippen LogP contribution in [0.2, 0.25) is 5.02 Å². The number of benzene rings is 1. The first kappa shape index (κ1) is 15.8. The van der Waals surface area contributed by atoms with E-state index in [0.717, 1.165) is 11.5 Å². The van der Waals surface area contributed by atoms with Gasteiger partial charge in [0.2, 0.25) is 5.89 Å². The number of aliphatic hydroxyl groups is 1. The molecule has 0 saturated carbocycles. The van der Waals surface area contributed by atoms with Crippen LogP contribution >= 0.6 is 11.6 Å². The standard InChI is InChI=1S/C15H19ClN2O3/c1-10-11(2)21-15(18-10)8-17-7-13(19)9-20-14-5-3-4-12(16)6-14/h3-6,13,17,19H,7-9H2,1-2H3. The zero-order valence-corrected chi connectivity index (χ0v) is 12.9. The van der Waals surface area contributed by atoms with E-state index in [4.69, 9.17) is 20.8 Å². The summed E-state index contributed by atoms with van der Waals surface area (Å²) in [5, 5.41) is 13.5. The zero-order chi connectivity index (χ0) is 15.2. The van der Waals surface area contributed by atoms with Gasteiger partial charge in [0.05, 0.1) is 12.2 Å². The molecule has 1 heterocycles. The molecule has 114 valence electrons. The second-order valence-corrected chi connectivity index (χ2v) is 5.24. The van der Waals surface area contributed by atoms with E-state index in [-0.39, 0.29) is 6.61 Å². The van der Waals surface area contributed by atoms with E-state index in [1.165, 1.54) is 0 Å². The first-order valence-corrected chi connectivity index (χ1v) is 7.12. The largest absolute Gasteiger partial charge is 0.491 e. The Hall–Kier alpha value is -1.56. The van der Waals surface area contributed by atoms with Crippen LogP contribution in [0, 0.1) is 13.8 Å². The number of hydrogen-bond donors (Lipinski definition) is 2. The van der Waals surface area contributed by atoms with Crippen LogP contribution in [-0.2, 0) is 6.54 Å². The highest BCUT2D eigenvalue weighted by Crippen LogP contribution is 2.17. The van der Waals surface area contributed by atoms with Gasteiger partial charge in [-0.2, -0.15) is 0 Å². The third-order valence-corrected chi connectivity index (χ3v) is 3.20. The Labute approximate surface area is 128 Å². The quantitative estimate of drug-likeness (QED) is 0.822. The second kappa shape index (κ2) is 7.45. The van der Waals surface area contributed by atoms with E-state index in [1.807, 2.05) is 13.8 Å². The fourth-order valence-corrected chi connectivity index (χ4v) is 1.95. The highest BCUT2D eigenvalue weighted by atomic mass is 35.5. The summed E-state index contributed by atoms with van der Waals surface area (Å²) < 4.78 is 10.9. The van der Waals surface area contributed by atoms with Gasteiger partial charge >= 0.3 is 0 Å². The maximum atomic E-state index is 9.85. The van der Waals surface area contributed by atoms with E-state index < -0.39 is 6.10 Å². The topological polar surface area (TPSA) is 67.5 Å². The number of halogens is 1. The lowest BCUT2D eigenvalue weighted by atomic mass is 10.3. The zero-order valence-electron chi connectivity index (χ0n) is 12.1. The lowest BCUT2D eigenvalue weighted by molar-refractivity contribution is 0.105. The minimum Gasteiger partial charge on any atom is -0.491 e. The van der Waals surface area contributed by atoms with Gasteiger partial charge in [0.15, 0.2) is 0 Å². The molecule has 0 aliphatic rings. The van der Waals surface area contributed by atoms with E-state index in [1.54, 1.807) is 24.3 Å². The minimum absolute atomic E-state index is 0.191. The molecule has 1 aromatic heterocycles. The number of rotatable bonds is 7. The molecule has 21 heavy (non-hydrogen) atoms. The van der Waals surface area contributed by atoms with Crippen molar-refractivity contribution in [2.45, 2.75) is 26.5 Å². The SMILES string of the molecule is Cc1nc(CNCC(O)COc2cccc(Cl)c2)oc1C. The molecule has 2 aromatic rings. The fraction of sp³-hybridized carbons (Fsp3) is 0.400. The molecule has 0 amide bonds. The molecule has 1 unspecified atom stereocenters. The van der Waals surface area contributed by atoms with E-state index in [2.05, 4.69) is 10.3 Å². The smallest absolute Gasteiger partial charge is 0.208 e. The van der Waals surface area contributed by atoms with E-state index >= 15 is 0 Å². The van der Waals surface area contributed by atoms with Gasteiger partial charge in [-0.3, -0.25) is 0 Å². The number of aromatic nitrogens is 1. The minimum atomic E-state index is -0.624. The highest BCUT2D eigenvalue weighted by molar-refractivity contribution is 6.30. The van der Waals surface area contributed by atoms with E-state index in [9.17, 15) is 5.11 Å². The predicted molar refractivity (Wildman–Crippen MR) is 80.6 cm³/mol. The molecular formula is C15H19ClN2O3. The lowest BCUT2D eigenvalue weighted by Gasteiger charge is -2.12. The maximum Gasteiger partial charge on any atom is 0.208 e. The average molecular weight is 311 g/mol. The highest BCUT2D eigenvalue weighted by Gasteiger charge is 2.08. The summed E-state index contributed by atoms with van der Waals surface area (Å²) in [6.45, 7) is 4.83. The van der Waals surface area contributed by atoms with Crippen LogP contribution < -0.4 is 10.1 Å². The monoisotopic (exact) mass is 310 g/mol. The van der Waals surface area contributed by atoms with Crippen molar-refractivity contribution in [3.63, 3.8) is 0 Å². The van der Waals surface area contributed by atoms with Gasteiger partial charge < -0.3 is 19.6 Å². The number of nitrogens with zero attached hydrogens (tertiary/aromatic N) is 1. The summed E-state index contributed by atoms with van der Waals surface area (Å²) in [4.78, 5) is 4.25. The molecule has 1 atom stereocenters.